The van der Waals surface area contributed by atoms with Gasteiger partial charge in [0.1, 0.15) is 23.4 Å². The van der Waals surface area contributed by atoms with Gasteiger partial charge < -0.3 is 9.73 Å². The van der Waals surface area contributed by atoms with Gasteiger partial charge in [0.25, 0.3) is 0 Å². The SMILES string of the molecule is Cc1ccc(-c2cn(CC(=O)Nc3nc(-c4ccc5oc6ccccc6c5c4)cs3)nn2)cc1. The van der Waals surface area contributed by atoms with Gasteiger partial charge in [0, 0.05) is 27.3 Å². The minimum atomic E-state index is -0.211. The summed E-state index contributed by atoms with van der Waals surface area (Å²) in [7, 11) is 0. The molecule has 6 aromatic rings. The van der Waals surface area contributed by atoms with Crippen LogP contribution in [0.5, 0.6) is 0 Å². The van der Waals surface area contributed by atoms with Gasteiger partial charge in [-0.15, -0.1) is 16.4 Å². The van der Waals surface area contributed by atoms with Crippen LogP contribution in [0, 0.1) is 6.92 Å². The summed E-state index contributed by atoms with van der Waals surface area (Å²) in [5, 5.41) is 15.7. The van der Waals surface area contributed by atoms with Crippen molar-refractivity contribution >= 4 is 44.3 Å². The summed E-state index contributed by atoms with van der Waals surface area (Å²) in [6.45, 7) is 2.09. The predicted molar refractivity (Wildman–Crippen MR) is 134 cm³/mol. The second-order valence-electron chi connectivity index (χ2n) is 8.06. The highest BCUT2D eigenvalue weighted by atomic mass is 32.1. The highest BCUT2D eigenvalue weighted by molar-refractivity contribution is 7.14. The number of amides is 1. The maximum atomic E-state index is 12.6. The van der Waals surface area contributed by atoms with E-state index in [0.717, 1.165) is 44.5 Å². The van der Waals surface area contributed by atoms with Crippen LogP contribution in [0.25, 0.3) is 44.5 Å². The number of fused-ring (bicyclic) bond motifs is 3. The van der Waals surface area contributed by atoms with Crippen molar-refractivity contribution in [1.82, 2.24) is 20.0 Å². The van der Waals surface area contributed by atoms with Crippen LogP contribution in [0.1, 0.15) is 5.56 Å². The van der Waals surface area contributed by atoms with E-state index in [2.05, 4.69) is 26.7 Å². The number of para-hydroxylation sites is 1. The zero-order valence-electron chi connectivity index (χ0n) is 18.2. The topological polar surface area (TPSA) is 85.8 Å². The van der Waals surface area contributed by atoms with Crippen LogP contribution in [0.15, 0.2) is 82.7 Å². The van der Waals surface area contributed by atoms with E-state index in [9.17, 15) is 4.79 Å². The van der Waals surface area contributed by atoms with Gasteiger partial charge in [-0.1, -0.05) is 53.2 Å². The van der Waals surface area contributed by atoms with E-state index in [1.54, 1.807) is 6.20 Å². The van der Waals surface area contributed by atoms with E-state index in [4.69, 9.17) is 4.42 Å². The highest BCUT2D eigenvalue weighted by Gasteiger charge is 2.13. The zero-order valence-corrected chi connectivity index (χ0v) is 19.0. The van der Waals surface area contributed by atoms with Gasteiger partial charge in [-0.2, -0.15) is 0 Å². The average Bonchev–Trinajstić information content (AvgIpc) is 3.58. The molecule has 0 aliphatic carbocycles. The molecule has 0 fully saturated rings. The molecule has 3 aromatic carbocycles. The lowest BCUT2D eigenvalue weighted by atomic mass is 10.1. The molecule has 0 aliphatic heterocycles. The van der Waals surface area contributed by atoms with Gasteiger partial charge in [0.2, 0.25) is 5.91 Å². The molecule has 0 saturated carbocycles. The molecule has 34 heavy (non-hydrogen) atoms. The van der Waals surface area contributed by atoms with E-state index in [1.165, 1.54) is 21.6 Å². The van der Waals surface area contributed by atoms with Gasteiger partial charge in [-0.05, 0) is 31.2 Å². The molecule has 166 valence electrons. The van der Waals surface area contributed by atoms with E-state index in [1.807, 2.05) is 73.0 Å². The van der Waals surface area contributed by atoms with E-state index in [0.29, 0.717) is 5.13 Å². The number of nitrogens with zero attached hydrogens (tertiary/aromatic N) is 4. The van der Waals surface area contributed by atoms with Crippen LogP contribution in [-0.4, -0.2) is 25.9 Å². The molecule has 0 saturated heterocycles. The Bertz CT molecular complexity index is 1650. The molecule has 0 spiro atoms. The Labute approximate surface area is 198 Å². The Hall–Kier alpha value is -4.30. The monoisotopic (exact) mass is 465 g/mol. The smallest absolute Gasteiger partial charge is 0.247 e. The van der Waals surface area contributed by atoms with Gasteiger partial charge in [0.05, 0.1) is 11.9 Å². The van der Waals surface area contributed by atoms with E-state index in [-0.39, 0.29) is 12.5 Å². The number of furan rings is 1. The van der Waals surface area contributed by atoms with Crippen molar-refractivity contribution in [1.29, 1.82) is 0 Å². The second-order valence-corrected chi connectivity index (χ2v) is 8.92. The highest BCUT2D eigenvalue weighted by Crippen LogP contribution is 2.33. The molecular formula is C26H19N5O2S. The fourth-order valence-electron chi connectivity index (χ4n) is 3.89. The summed E-state index contributed by atoms with van der Waals surface area (Å²) in [6, 6.07) is 22.0. The van der Waals surface area contributed by atoms with E-state index >= 15 is 0 Å². The summed E-state index contributed by atoms with van der Waals surface area (Å²) in [5.74, 6) is -0.211. The number of nitrogens with one attached hydrogen (secondary N) is 1. The minimum Gasteiger partial charge on any atom is -0.456 e. The molecule has 7 nitrogen and oxygen atoms in total. The van der Waals surface area contributed by atoms with Crippen LogP contribution in [0.2, 0.25) is 0 Å². The third-order valence-electron chi connectivity index (χ3n) is 5.61. The first-order valence-corrected chi connectivity index (χ1v) is 11.6. The van der Waals surface area contributed by atoms with Gasteiger partial charge in [0.15, 0.2) is 5.13 Å². The summed E-state index contributed by atoms with van der Waals surface area (Å²) >= 11 is 1.39. The molecule has 8 heteroatoms. The number of hydrogen-bond acceptors (Lipinski definition) is 6. The van der Waals surface area contributed by atoms with E-state index < -0.39 is 0 Å². The number of carbonyl (C=O) groups is 1. The molecule has 0 unspecified atom stereocenters. The third-order valence-corrected chi connectivity index (χ3v) is 6.37. The quantitative estimate of drug-likeness (QED) is 0.342. The Morgan fingerprint density at radius 1 is 0.971 bits per heavy atom. The zero-order chi connectivity index (χ0) is 23.1. The maximum Gasteiger partial charge on any atom is 0.247 e. The lowest BCUT2D eigenvalue weighted by Crippen LogP contribution is -2.19. The van der Waals surface area contributed by atoms with Crippen LogP contribution >= 0.6 is 11.3 Å². The number of aromatic nitrogens is 4. The summed E-state index contributed by atoms with van der Waals surface area (Å²) in [5.41, 5.74) is 6.34. The van der Waals surface area contributed by atoms with Crippen molar-refractivity contribution in [2.75, 3.05) is 5.32 Å². The van der Waals surface area contributed by atoms with Crippen LogP contribution in [0.4, 0.5) is 5.13 Å². The number of aryl methyl sites for hydroxylation is 1. The molecule has 0 radical (unpaired) electrons. The molecular weight excluding hydrogens is 446 g/mol. The van der Waals surface area contributed by atoms with Crippen molar-refractivity contribution in [2.45, 2.75) is 13.5 Å². The number of carbonyl (C=O) groups excluding carboxylic acids is 1. The third kappa shape index (κ3) is 3.84. The van der Waals surface area contributed by atoms with Gasteiger partial charge >= 0.3 is 0 Å². The van der Waals surface area contributed by atoms with Crippen molar-refractivity contribution in [3.63, 3.8) is 0 Å². The standard InChI is InChI=1S/C26H19N5O2S/c1-16-6-8-17(9-7-16)21-13-31(30-29-21)14-25(32)28-26-27-22(15-34-26)18-10-11-24-20(12-18)19-4-2-3-5-23(19)33-24/h2-13,15H,14H2,1H3,(H,27,28,32). The van der Waals surface area contributed by atoms with Crippen molar-refractivity contribution in [2.24, 2.45) is 0 Å². The minimum absolute atomic E-state index is 0.0563. The number of rotatable bonds is 5. The number of anilines is 1. The second kappa shape index (κ2) is 8.24. The molecule has 1 N–H and O–H groups in total. The first-order valence-electron chi connectivity index (χ1n) is 10.8. The average molecular weight is 466 g/mol. The first-order chi connectivity index (χ1) is 16.6. The van der Waals surface area contributed by atoms with Crippen molar-refractivity contribution < 1.29 is 9.21 Å². The lowest BCUT2D eigenvalue weighted by Gasteiger charge is -2.01. The Balaban J connectivity index is 1.17. The lowest BCUT2D eigenvalue weighted by molar-refractivity contribution is -0.116. The number of benzene rings is 3. The van der Waals surface area contributed by atoms with Crippen LogP contribution in [-0.2, 0) is 11.3 Å². The predicted octanol–water partition coefficient (Wildman–Crippen LogP) is 5.92. The molecule has 0 bridgehead atoms. The number of hydrogen-bond donors (Lipinski definition) is 1. The number of thiazole rings is 1. The first kappa shape index (κ1) is 20.3. The van der Waals surface area contributed by atoms with Crippen molar-refractivity contribution in [3.8, 4) is 22.5 Å². The molecule has 0 atom stereocenters. The molecule has 1 amide bonds. The Kier molecular flexibility index (Phi) is 4.92. The fraction of sp³-hybridized carbons (Fsp3) is 0.0769. The molecule has 0 aliphatic rings. The largest absolute Gasteiger partial charge is 0.456 e. The van der Waals surface area contributed by atoms with Crippen LogP contribution in [0.3, 0.4) is 0 Å². The maximum absolute atomic E-state index is 12.6. The molecule has 6 rings (SSSR count). The van der Waals surface area contributed by atoms with Gasteiger partial charge in [-0.25, -0.2) is 9.67 Å². The fourth-order valence-corrected chi connectivity index (χ4v) is 4.62. The normalized spacial score (nSPS) is 11.3. The summed E-state index contributed by atoms with van der Waals surface area (Å²) < 4.78 is 7.43. The molecule has 3 aromatic heterocycles. The van der Waals surface area contributed by atoms with Crippen LogP contribution < -0.4 is 5.32 Å². The van der Waals surface area contributed by atoms with Crippen molar-refractivity contribution in [3.05, 3.63) is 83.9 Å². The van der Waals surface area contributed by atoms with Gasteiger partial charge in [-0.3, -0.25) is 4.79 Å². The Morgan fingerprint density at radius 3 is 2.65 bits per heavy atom. The summed E-state index contributed by atoms with van der Waals surface area (Å²) in [4.78, 5) is 17.2. The summed E-state index contributed by atoms with van der Waals surface area (Å²) in [6.07, 6.45) is 1.77. The molecule has 3 heterocycles. The Morgan fingerprint density at radius 2 is 1.76 bits per heavy atom.